The van der Waals surface area contributed by atoms with Crippen LogP contribution in [0, 0.1) is 0 Å². The van der Waals surface area contributed by atoms with Gasteiger partial charge in [0.2, 0.25) is 5.91 Å². The van der Waals surface area contributed by atoms with Crippen LogP contribution in [-0.4, -0.2) is 39.8 Å². The molecule has 27 heavy (non-hydrogen) atoms. The van der Waals surface area contributed by atoms with Gasteiger partial charge >= 0.3 is 0 Å². The van der Waals surface area contributed by atoms with Gasteiger partial charge in [-0.05, 0) is 36.4 Å². The maximum Gasteiger partial charge on any atom is 0.227 e. The molecule has 0 bridgehead atoms. The van der Waals surface area contributed by atoms with Crippen molar-refractivity contribution < 1.29 is 22.7 Å². The molecule has 8 heteroatoms. The second-order valence-corrected chi connectivity index (χ2v) is 8.07. The van der Waals surface area contributed by atoms with Gasteiger partial charge in [-0.2, -0.15) is 0 Å². The molecule has 1 amide bonds. The highest BCUT2D eigenvalue weighted by molar-refractivity contribution is 7.91. The van der Waals surface area contributed by atoms with Gasteiger partial charge in [-0.15, -0.1) is 0 Å². The van der Waals surface area contributed by atoms with Crippen LogP contribution in [0.5, 0.6) is 11.5 Å². The maximum atomic E-state index is 12.2. The number of methoxy groups -OCH3 is 1. The molecule has 0 radical (unpaired) electrons. The lowest BCUT2D eigenvalue weighted by atomic mass is 10.2. The lowest BCUT2D eigenvalue weighted by Gasteiger charge is -2.13. The molecule has 0 aliphatic heterocycles. The van der Waals surface area contributed by atoms with E-state index in [0.717, 1.165) is 0 Å². The summed E-state index contributed by atoms with van der Waals surface area (Å²) in [6.45, 7) is 1.85. The number of hydrogen-bond donors (Lipinski definition) is 2. The van der Waals surface area contributed by atoms with Crippen molar-refractivity contribution in [3.8, 4) is 11.5 Å². The van der Waals surface area contributed by atoms with E-state index in [1.807, 2.05) is 0 Å². The first kappa shape index (κ1) is 20.9. The molecular formula is C19H24N2O5S. The summed E-state index contributed by atoms with van der Waals surface area (Å²) in [6.07, 6.45) is -0.169. The third-order valence-corrected chi connectivity index (χ3v) is 5.71. The average molecular weight is 392 g/mol. The first-order valence-corrected chi connectivity index (χ1v) is 10.2. The fraction of sp³-hybridized carbons (Fsp3) is 0.316. The van der Waals surface area contributed by atoms with Crippen molar-refractivity contribution >= 4 is 21.4 Å². The Labute approximate surface area is 159 Å². The number of ether oxygens (including phenoxy) is 2. The van der Waals surface area contributed by atoms with Gasteiger partial charge in [-0.3, -0.25) is 4.79 Å². The summed E-state index contributed by atoms with van der Waals surface area (Å²) in [5, 5.41) is 2.75. The predicted molar refractivity (Wildman–Crippen MR) is 104 cm³/mol. The Morgan fingerprint density at radius 3 is 2.41 bits per heavy atom. The van der Waals surface area contributed by atoms with E-state index in [4.69, 9.17) is 15.2 Å². The molecule has 2 rings (SSSR count). The zero-order valence-electron chi connectivity index (χ0n) is 15.3. The Balaban J connectivity index is 2.08. The number of para-hydroxylation sites is 1. The second-order valence-electron chi connectivity index (χ2n) is 5.82. The van der Waals surface area contributed by atoms with Crippen molar-refractivity contribution in [3.63, 3.8) is 0 Å². The van der Waals surface area contributed by atoms with E-state index < -0.39 is 9.84 Å². The van der Waals surface area contributed by atoms with E-state index in [2.05, 4.69) is 5.32 Å². The van der Waals surface area contributed by atoms with E-state index in [1.165, 1.54) is 13.2 Å². The summed E-state index contributed by atoms with van der Waals surface area (Å²) in [4.78, 5) is 12.1. The van der Waals surface area contributed by atoms with Gasteiger partial charge in [0.1, 0.15) is 16.4 Å². The number of nitrogens with one attached hydrogen (secondary N) is 1. The van der Waals surface area contributed by atoms with Gasteiger partial charge in [0.15, 0.2) is 9.84 Å². The maximum absolute atomic E-state index is 12.2. The molecule has 1 unspecified atom stereocenters. The third kappa shape index (κ3) is 5.78. The lowest BCUT2D eigenvalue weighted by molar-refractivity contribution is -0.118. The van der Waals surface area contributed by atoms with Gasteiger partial charge < -0.3 is 20.5 Å². The van der Waals surface area contributed by atoms with Crippen molar-refractivity contribution in [1.82, 2.24) is 0 Å². The highest BCUT2D eigenvalue weighted by Crippen LogP contribution is 2.30. The SMILES string of the molecule is CCS(=O)(=O)c1ccccc1Oc1ccc(NC(=O)CC(CN)OC)cc1. The van der Waals surface area contributed by atoms with Gasteiger partial charge in [-0.25, -0.2) is 8.42 Å². The number of carbonyl (C=O) groups excluding carboxylic acids is 1. The number of nitrogens with two attached hydrogens (primary N) is 1. The third-order valence-electron chi connectivity index (χ3n) is 3.94. The molecule has 146 valence electrons. The number of anilines is 1. The van der Waals surface area contributed by atoms with E-state index >= 15 is 0 Å². The molecule has 2 aromatic carbocycles. The average Bonchev–Trinajstić information content (AvgIpc) is 2.68. The molecule has 0 aliphatic rings. The van der Waals surface area contributed by atoms with Gasteiger partial charge in [0, 0.05) is 19.3 Å². The number of sulfone groups is 1. The molecular weight excluding hydrogens is 368 g/mol. The van der Waals surface area contributed by atoms with Crippen molar-refractivity contribution in [2.24, 2.45) is 5.73 Å². The molecule has 2 aromatic rings. The molecule has 0 spiro atoms. The zero-order valence-corrected chi connectivity index (χ0v) is 16.2. The Kier molecular flexibility index (Phi) is 7.35. The first-order valence-electron chi connectivity index (χ1n) is 8.52. The van der Waals surface area contributed by atoms with Crippen LogP contribution < -0.4 is 15.8 Å². The van der Waals surface area contributed by atoms with Crippen molar-refractivity contribution in [2.45, 2.75) is 24.3 Å². The molecule has 0 fully saturated rings. The van der Waals surface area contributed by atoms with E-state index in [1.54, 1.807) is 49.4 Å². The summed E-state index contributed by atoms with van der Waals surface area (Å²) in [5.41, 5.74) is 6.10. The number of carbonyl (C=O) groups is 1. The highest BCUT2D eigenvalue weighted by atomic mass is 32.2. The summed E-state index contributed by atoms with van der Waals surface area (Å²) in [5.74, 6) is 0.509. The molecule has 0 saturated heterocycles. The van der Waals surface area contributed by atoms with Crippen molar-refractivity contribution in [3.05, 3.63) is 48.5 Å². The molecule has 0 saturated carbocycles. The molecule has 0 aliphatic carbocycles. The van der Waals surface area contributed by atoms with E-state index in [0.29, 0.717) is 11.4 Å². The highest BCUT2D eigenvalue weighted by Gasteiger charge is 2.17. The van der Waals surface area contributed by atoms with Gasteiger partial charge in [-0.1, -0.05) is 19.1 Å². The van der Waals surface area contributed by atoms with Gasteiger partial charge in [0.25, 0.3) is 0 Å². The van der Waals surface area contributed by atoms with Crippen molar-refractivity contribution in [2.75, 3.05) is 24.7 Å². The fourth-order valence-corrected chi connectivity index (χ4v) is 3.38. The van der Waals surface area contributed by atoms with Crippen LogP contribution in [0.4, 0.5) is 5.69 Å². The normalized spacial score (nSPS) is 12.4. The largest absolute Gasteiger partial charge is 0.456 e. The fourth-order valence-electron chi connectivity index (χ4n) is 2.36. The van der Waals surface area contributed by atoms with E-state index in [9.17, 15) is 13.2 Å². The van der Waals surface area contributed by atoms with Crippen LogP contribution in [-0.2, 0) is 19.4 Å². The minimum atomic E-state index is -3.39. The van der Waals surface area contributed by atoms with Crippen LogP contribution in [0.1, 0.15) is 13.3 Å². The molecule has 0 heterocycles. The molecule has 3 N–H and O–H groups in total. The van der Waals surface area contributed by atoms with Crippen molar-refractivity contribution in [1.29, 1.82) is 0 Å². The van der Waals surface area contributed by atoms with E-state index in [-0.39, 0.29) is 41.4 Å². The number of amides is 1. The lowest BCUT2D eigenvalue weighted by Crippen LogP contribution is -2.28. The van der Waals surface area contributed by atoms with Gasteiger partial charge in [0.05, 0.1) is 18.3 Å². The van der Waals surface area contributed by atoms with Crippen LogP contribution in [0.2, 0.25) is 0 Å². The molecule has 7 nitrogen and oxygen atoms in total. The summed E-state index contributed by atoms with van der Waals surface area (Å²) < 4.78 is 35.2. The summed E-state index contributed by atoms with van der Waals surface area (Å²) in [7, 11) is -1.89. The number of hydrogen-bond acceptors (Lipinski definition) is 6. The monoisotopic (exact) mass is 392 g/mol. The topological polar surface area (TPSA) is 108 Å². The minimum Gasteiger partial charge on any atom is -0.456 e. The minimum absolute atomic E-state index is 0.0103. The van der Waals surface area contributed by atoms with Crippen LogP contribution in [0.3, 0.4) is 0 Å². The molecule has 0 aromatic heterocycles. The number of rotatable bonds is 9. The quantitative estimate of drug-likeness (QED) is 0.679. The first-order chi connectivity index (χ1) is 12.9. The Morgan fingerprint density at radius 2 is 1.81 bits per heavy atom. The summed E-state index contributed by atoms with van der Waals surface area (Å²) in [6, 6.07) is 13.2. The van der Waals surface area contributed by atoms with Crippen LogP contribution in [0.25, 0.3) is 0 Å². The zero-order chi connectivity index (χ0) is 19.9. The smallest absolute Gasteiger partial charge is 0.227 e. The van der Waals surface area contributed by atoms with Crippen LogP contribution >= 0.6 is 0 Å². The Morgan fingerprint density at radius 1 is 1.15 bits per heavy atom. The number of benzene rings is 2. The summed E-state index contributed by atoms with van der Waals surface area (Å²) >= 11 is 0. The predicted octanol–water partition coefficient (Wildman–Crippen LogP) is 2.57. The second kappa shape index (κ2) is 9.50. The standard InChI is InChI=1S/C19H24N2O5S/c1-3-27(23,24)18-7-5-4-6-17(18)26-15-10-8-14(9-11-15)21-19(22)12-16(13-20)25-2/h4-11,16H,3,12-13,20H2,1-2H3,(H,21,22). The Bertz CT molecular complexity index is 862. The Hall–Kier alpha value is -2.42. The van der Waals surface area contributed by atoms with Crippen LogP contribution in [0.15, 0.2) is 53.4 Å². The molecule has 1 atom stereocenters.